The van der Waals surface area contributed by atoms with Gasteiger partial charge in [0.15, 0.2) is 0 Å². The van der Waals surface area contributed by atoms with Gasteiger partial charge in [0.05, 0.1) is 6.10 Å². The first kappa shape index (κ1) is 22.1. The third kappa shape index (κ3) is 5.28. The van der Waals surface area contributed by atoms with Crippen LogP contribution in [0.2, 0.25) is 0 Å². The quantitative estimate of drug-likeness (QED) is 0.584. The van der Waals surface area contributed by atoms with Gasteiger partial charge in [-0.1, -0.05) is 30.3 Å². The Kier molecular flexibility index (Phi) is 6.74. The Bertz CT molecular complexity index is 1080. The fraction of sp³-hybridized carbons (Fsp3) is 0.444. The van der Waals surface area contributed by atoms with Gasteiger partial charge in [-0.15, -0.1) is 0 Å². The average molecular weight is 450 g/mol. The van der Waals surface area contributed by atoms with Crippen molar-refractivity contribution < 1.29 is 13.9 Å². The molecular formula is C27H32FN3O2. The van der Waals surface area contributed by atoms with Gasteiger partial charge in [0.25, 0.3) is 0 Å². The highest BCUT2D eigenvalue weighted by Crippen LogP contribution is 2.25. The summed E-state index contributed by atoms with van der Waals surface area (Å²) in [7, 11) is 0. The van der Waals surface area contributed by atoms with Gasteiger partial charge in [-0.2, -0.15) is 0 Å². The number of fused-ring (bicyclic) bond motifs is 1. The van der Waals surface area contributed by atoms with Gasteiger partial charge in [0.2, 0.25) is 5.91 Å². The third-order valence-corrected chi connectivity index (χ3v) is 7.02. The lowest BCUT2D eigenvalue weighted by molar-refractivity contribution is -0.127. The predicted octanol–water partition coefficient (Wildman–Crippen LogP) is 4.34. The minimum absolute atomic E-state index is 0.0905. The normalized spacial score (nSPS) is 19.8. The van der Waals surface area contributed by atoms with E-state index in [0.29, 0.717) is 13.1 Å². The molecular weight excluding hydrogens is 417 g/mol. The molecule has 0 radical (unpaired) electrons. The number of ether oxygens (including phenoxy) is 1. The SMILES string of the molecule is O=C(NCC1CCCO1)C1CCN(Cc2cc3ccccc3n2Cc2ccc(F)cc2)CC1. The van der Waals surface area contributed by atoms with E-state index < -0.39 is 0 Å². The zero-order chi connectivity index (χ0) is 22.6. The molecule has 3 heterocycles. The number of nitrogens with zero attached hydrogens (tertiary/aromatic N) is 2. The summed E-state index contributed by atoms with van der Waals surface area (Å²) < 4.78 is 21.3. The van der Waals surface area contributed by atoms with E-state index in [9.17, 15) is 9.18 Å². The molecule has 174 valence electrons. The highest BCUT2D eigenvalue weighted by Gasteiger charge is 2.26. The fourth-order valence-electron chi connectivity index (χ4n) is 5.10. The number of carbonyl (C=O) groups excluding carboxylic acids is 1. The number of nitrogens with one attached hydrogen (secondary N) is 1. The van der Waals surface area contributed by atoms with Crippen LogP contribution >= 0.6 is 0 Å². The number of carbonyl (C=O) groups is 1. The van der Waals surface area contributed by atoms with Gasteiger partial charge in [0.1, 0.15) is 5.82 Å². The Morgan fingerprint density at radius 2 is 1.82 bits per heavy atom. The van der Waals surface area contributed by atoms with Crippen LogP contribution in [0.4, 0.5) is 4.39 Å². The number of hydrogen-bond donors (Lipinski definition) is 1. The molecule has 1 aromatic heterocycles. The van der Waals surface area contributed by atoms with Crippen LogP contribution in [0.25, 0.3) is 10.9 Å². The molecule has 5 nitrogen and oxygen atoms in total. The van der Waals surface area contributed by atoms with E-state index in [1.807, 2.05) is 12.1 Å². The summed E-state index contributed by atoms with van der Waals surface area (Å²) in [4.78, 5) is 15.0. The molecule has 5 rings (SSSR count). The Morgan fingerprint density at radius 1 is 1.03 bits per heavy atom. The number of likely N-dealkylation sites (tertiary alicyclic amines) is 1. The van der Waals surface area contributed by atoms with Gasteiger partial charge in [-0.25, -0.2) is 4.39 Å². The molecule has 3 aromatic rings. The lowest BCUT2D eigenvalue weighted by atomic mass is 9.95. The highest BCUT2D eigenvalue weighted by atomic mass is 19.1. The van der Waals surface area contributed by atoms with Crippen molar-refractivity contribution >= 4 is 16.8 Å². The first-order valence-corrected chi connectivity index (χ1v) is 12.1. The summed E-state index contributed by atoms with van der Waals surface area (Å²) in [6.07, 6.45) is 4.10. The van der Waals surface area contributed by atoms with Crippen molar-refractivity contribution in [3.8, 4) is 0 Å². The molecule has 2 aliphatic rings. The molecule has 2 saturated heterocycles. The molecule has 1 N–H and O–H groups in total. The van der Waals surface area contributed by atoms with Crippen LogP contribution in [0.1, 0.15) is 36.9 Å². The first-order valence-electron chi connectivity index (χ1n) is 12.1. The fourth-order valence-corrected chi connectivity index (χ4v) is 5.10. The number of amides is 1. The average Bonchev–Trinajstić information content (AvgIpc) is 3.48. The van der Waals surface area contributed by atoms with Crippen LogP contribution in [0.5, 0.6) is 0 Å². The molecule has 0 saturated carbocycles. The molecule has 0 aliphatic carbocycles. The van der Waals surface area contributed by atoms with Gasteiger partial charge in [-0.05, 0) is 74.0 Å². The topological polar surface area (TPSA) is 46.5 Å². The van der Waals surface area contributed by atoms with Crippen LogP contribution < -0.4 is 5.32 Å². The molecule has 6 heteroatoms. The monoisotopic (exact) mass is 449 g/mol. The Balaban J connectivity index is 1.22. The van der Waals surface area contributed by atoms with Crippen molar-refractivity contribution in [2.75, 3.05) is 26.2 Å². The Labute approximate surface area is 194 Å². The summed E-state index contributed by atoms with van der Waals surface area (Å²) in [6, 6.07) is 17.4. The van der Waals surface area contributed by atoms with Crippen molar-refractivity contribution in [2.45, 2.75) is 44.9 Å². The van der Waals surface area contributed by atoms with E-state index in [2.05, 4.69) is 45.1 Å². The zero-order valence-corrected chi connectivity index (χ0v) is 19.0. The van der Waals surface area contributed by atoms with E-state index in [1.54, 1.807) is 0 Å². The second kappa shape index (κ2) is 10.1. The maximum absolute atomic E-state index is 13.4. The number of piperidine rings is 1. The van der Waals surface area contributed by atoms with Gasteiger partial charge in [-0.3, -0.25) is 9.69 Å². The maximum Gasteiger partial charge on any atom is 0.223 e. The molecule has 1 unspecified atom stereocenters. The van der Waals surface area contributed by atoms with Crippen molar-refractivity contribution in [3.63, 3.8) is 0 Å². The van der Waals surface area contributed by atoms with Gasteiger partial charge >= 0.3 is 0 Å². The number of para-hydroxylation sites is 1. The molecule has 2 aliphatic heterocycles. The number of hydrogen-bond acceptors (Lipinski definition) is 3. The minimum atomic E-state index is -0.209. The van der Waals surface area contributed by atoms with Crippen molar-refractivity contribution in [1.82, 2.24) is 14.8 Å². The smallest absolute Gasteiger partial charge is 0.223 e. The third-order valence-electron chi connectivity index (χ3n) is 7.02. The van der Waals surface area contributed by atoms with Crippen molar-refractivity contribution in [1.29, 1.82) is 0 Å². The maximum atomic E-state index is 13.4. The predicted molar refractivity (Wildman–Crippen MR) is 127 cm³/mol. The summed E-state index contributed by atoms with van der Waals surface area (Å²) in [5.74, 6) is 0.0577. The van der Waals surface area contributed by atoms with Crippen LogP contribution in [0.3, 0.4) is 0 Å². The van der Waals surface area contributed by atoms with Crippen LogP contribution in [0, 0.1) is 11.7 Å². The standard InChI is InChI=1S/C27H32FN3O2/c28-23-9-7-20(8-10-23)18-31-24(16-22-4-1-2-6-26(22)31)19-30-13-11-21(12-14-30)27(32)29-17-25-5-3-15-33-25/h1-2,4,6-10,16,21,25H,3,5,11-15,17-19H2,(H,29,32). The lowest BCUT2D eigenvalue weighted by Gasteiger charge is -2.31. The van der Waals surface area contributed by atoms with Gasteiger partial charge in [0, 0.05) is 43.4 Å². The summed E-state index contributed by atoms with van der Waals surface area (Å²) in [6.45, 7) is 4.84. The van der Waals surface area contributed by atoms with E-state index in [1.165, 1.54) is 28.7 Å². The van der Waals surface area contributed by atoms with E-state index in [0.717, 1.165) is 57.5 Å². The second-order valence-electron chi connectivity index (χ2n) is 9.34. The van der Waals surface area contributed by atoms with E-state index >= 15 is 0 Å². The second-order valence-corrected chi connectivity index (χ2v) is 9.34. The first-order chi connectivity index (χ1) is 16.2. The molecule has 2 fully saturated rings. The molecule has 2 aromatic carbocycles. The molecule has 0 spiro atoms. The van der Waals surface area contributed by atoms with Crippen LogP contribution in [-0.2, 0) is 22.6 Å². The summed E-state index contributed by atoms with van der Waals surface area (Å²) >= 11 is 0. The lowest BCUT2D eigenvalue weighted by Crippen LogP contribution is -2.42. The summed E-state index contributed by atoms with van der Waals surface area (Å²) in [5.41, 5.74) is 3.53. The zero-order valence-electron chi connectivity index (χ0n) is 19.0. The molecule has 1 amide bonds. The molecule has 0 bridgehead atoms. The largest absolute Gasteiger partial charge is 0.376 e. The van der Waals surface area contributed by atoms with Crippen molar-refractivity contribution in [2.24, 2.45) is 5.92 Å². The summed E-state index contributed by atoms with van der Waals surface area (Å²) in [5, 5.41) is 4.32. The number of aromatic nitrogens is 1. The van der Waals surface area contributed by atoms with Crippen LogP contribution in [0.15, 0.2) is 54.6 Å². The number of halogens is 1. The van der Waals surface area contributed by atoms with Crippen molar-refractivity contribution in [3.05, 3.63) is 71.7 Å². The van der Waals surface area contributed by atoms with E-state index in [4.69, 9.17) is 4.74 Å². The Hall–Kier alpha value is -2.70. The van der Waals surface area contributed by atoms with E-state index in [-0.39, 0.29) is 23.7 Å². The Morgan fingerprint density at radius 3 is 2.58 bits per heavy atom. The van der Waals surface area contributed by atoms with Crippen LogP contribution in [-0.4, -0.2) is 47.7 Å². The molecule has 1 atom stereocenters. The number of rotatable bonds is 7. The highest BCUT2D eigenvalue weighted by molar-refractivity contribution is 5.81. The minimum Gasteiger partial charge on any atom is -0.376 e. The molecule has 33 heavy (non-hydrogen) atoms. The van der Waals surface area contributed by atoms with Gasteiger partial charge < -0.3 is 14.6 Å². The number of benzene rings is 2.